The molecule has 4 unspecified atom stereocenters. The molecule has 1 aliphatic heterocycles. The van der Waals surface area contributed by atoms with Gasteiger partial charge in [0.2, 0.25) is 0 Å². The van der Waals surface area contributed by atoms with E-state index >= 15 is 0 Å². The van der Waals surface area contributed by atoms with E-state index in [1.165, 1.54) is 4.57 Å². The number of nitrogens with zero attached hydrogens (tertiary/aromatic N) is 2. The minimum absolute atomic E-state index is 0.117. The number of hydrogen-bond donors (Lipinski definition) is 3. The summed E-state index contributed by atoms with van der Waals surface area (Å²) in [6, 6.07) is 1.57. The third kappa shape index (κ3) is 5.98. The maximum Gasteiger partial charge on any atom is 0.351 e. The predicted molar refractivity (Wildman–Crippen MR) is 84.4 cm³/mol. The first-order chi connectivity index (χ1) is 10.3. The molecule has 0 radical (unpaired) electrons. The molecule has 0 bridgehead atoms. The second kappa shape index (κ2) is 9.17. The van der Waals surface area contributed by atoms with E-state index in [1.54, 1.807) is 26.1 Å². The lowest BCUT2D eigenvalue weighted by Crippen LogP contribution is -2.29. The fourth-order valence-electron chi connectivity index (χ4n) is 2.11. The summed E-state index contributed by atoms with van der Waals surface area (Å²) in [6.45, 7) is 5.77. The van der Waals surface area contributed by atoms with Crippen LogP contribution >= 0.6 is 9.03 Å². The van der Waals surface area contributed by atoms with Gasteiger partial charge in [-0.1, -0.05) is 6.92 Å². The third-order valence-corrected chi connectivity index (χ3v) is 3.21. The van der Waals surface area contributed by atoms with Gasteiger partial charge < -0.3 is 25.0 Å². The van der Waals surface area contributed by atoms with Gasteiger partial charge in [-0.25, -0.2) is 4.79 Å². The number of nitrogen functional groups attached to an aromatic ring is 1. The lowest BCUT2D eigenvalue weighted by Gasteiger charge is -2.17. The molecule has 0 aliphatic carbocycles. The maximum absolute atomic E-state index is 11.7. The lowest BCUT2D eigenvalue weighted by molar-refractivity contribution is -0.0285. The molecular formula is C13H24N3O5P. The van der Waals surface area contributed by atoms with Crippen molar-refractivity contribution >= 4 is 14.9 Å². The van der Waals surface area contributed by atoms with Crippen molar-refractivity contribution < 1.29 is 19.3 Å². The van der Waals surface area contributed by atoms with Crippen molar-refractivity contribution in [3.05, 3.63) is 22.7 Å². The number of anilines is 1. The van der Waals surface area contributed by atoms with E-state index in [2.05, 4.69) is 4.98 Å². The van der Waals surface area contributed by atoms with Crippen molar-refractivity contribution in [2.24, 2.45) is 5.92 Å². The standard InChI is InChI=1S/C10H16N3O4P.C3H8O/c1-6-4-7(5-16-18-15)17-9(6)13-3-2-8(11)12-10(13)14;1-3(2)4/h2-3,6-7,9,15,18H,4-5H2,1H3,(H2,11,12,14);3-4H,1-2H3. The topological polar surface area (TPSA) is 120 Å². The summed E-state index contributed by atoms with van der Waals surface area (Å²) in [7, 11) is -0.546. The summed E-state index contributed by atoms with van der Waals surface area (Å²) < 4.78 is 12.1. The number of aromatic nitrogens is 2. The van der Waals surface area contributed by atoms with E-state index in [4.69, 9.17) is 25.0 Å². The zero-order chi connectivity index (χ0) is 16.7. The van der Waals surface area contributed by atoms with E-state index in [9.17, 15) is 4.79 Å². The van der Waals surface area contributed by atoms with Gasteiger partial charge in [0, 0.05) is 18.2 Å². The highest BCUT2D eigenvalue weighted by atomic mass is 31.1. The van der Waals surface area contributed by atoms with Crippen LogP contribution in [0.5, 0.6) is 0 Å². The van der Waals surface area contributed by atoms with Crippen LogP contribution < -0.4 is 11.4 Å². The molecule has 1 aromatic rings. The minimum atomic E-state index is -0.546. The Morgan fingerprint density at radius 3 is 2.82 bits per heavy atom. The van der Waals surface area contributed by atoms with E-state index < -0.39 is 14.7 Å². The average Bonchev–Trinajstić information content (AvgIpc) is 2.77. The van der Waals surface area contributed by atoms with Gasteiger partial charge in [0.15, 0.2) is 9.03 Å². The van der Waals surface area contributed by atoms with E-state index in [0.29, 0.717) is 6.61 Å². The molecule has 0 saturated carbocycles. The van der Waals surface area contributed by atoms with E-state index in [0.717, 1.165) is 6.42 Å². The van der Waals surface area contributed by atoms with Crippen LogP contribution in [0, 0.1) is 5.92 Å². The molecule has 126 valence electrons. The number of nitrogens with two attached hydrogens (primary N) is 1. The van der Waals surface area contributed by atoms with Gasteiger partial charge in [0.05, 0.1) is 12.7 Å². The molecule has 2 heterocycles. The fourth-order valence-corrected chi connectivity index (χ4v) is 2.38. The van der Waals surface area contributed by atoms with Crippen LogP contribution in [-0.4, -0.2) is 38.4 Å². The molecule has 1 saturated heterocycles. The molecule has 0 aromatic carbocycles. The summed E-state index contributed by atoms with van der Waals surface area (Å²) in [5.41, 5.74) is 5.02. The van der Waals surface area contributed by atoms with Gasteiger partial charge in [-0.3, -0.25) is 4.57 Å². The minimum Gasteiger partial charge on any atom is -0.394 e. The maximum atomic E-state index is 11.7. The number of ether oxygens (including phenoxy) is 1. The van der Waals surface area contributed by atoms with Gasteiger partial charge in [0.1, 0.15) is 12.0 Å². The van der Waals surface area contributed by atoms with Crippen LogP contribution in [0.1, 0.15) is 33.4 Å². The normalized spacial score (nSPS) is 24.7. The van der Waals surface area contributed by atoms with Crippen LogP contribution in [0.3, 0.4) is 0 Å². The van der Waals surface area contributed by atoms with Gasteiger partial charge in [-0.05, 0) is 26.3 Å². The first-order valence-corrected chi connectivity index (χ1v) is 7.89. The zero-order valence-electron chi connectivity index (χ0n) is 13.0. The SMILES string of the molecule is CC(C)O.CC1CC(COPO)OC1n1ccc(N)nc1=O. The van der Waals surface area contributed by atoms with Crippen LogP contribution in [0.4, 0.5) is 5.82 Å². The zero-order valence-corrected chi connectivity index (χ0v) is 14.0. The van der Waals surface area contributed by atoms with Crippen LogP contribution in [0.2, 0.25) is 0 Å². The summed E-state index contributed by atoms with van der Waals surface area (Å²) in [5.74, 6) is 0.368. The van der Waals surface area contributed by atoms with Gasteiger partial charge in [-0.15, -0.1) is 0 Å². The molecule has 0 spiro atoms. The first-order valence-electron chi connectivity index (χ1n) is 7.04. The van der Waals surface area contributed by atoms with E-state index in [-0.39, 0.29) is 30.2 Å². The largest absolute Gasteiger partial charge is 0.394 e. The molecule has 1 fully saturated rings. The molecule has 0 amide bonds. The molecule has 4 N–H and O–H groups in total. The molecular weight excluding hydrogens is 309 g/mol. The van der Waals surface area contributed by atoms with Crippen molar-refractivity contribution in [2.75, 3.05) is 12.3 Å². The second-order valence-electron chi connectivity index (χ2n) is 5.40. The summed E-state index contributed by atoms with van der Waals surface area (Å²) in [6.07, 6.45) is 1.71. The molecule has 22 heavy (non-hydrogen) atoms. The second-order valence-corrected chi connectivity index (χ2v) is 5.87. The van der Waals surface area contributed by atoms with Crippen LogP contribution in [-0.2, 0) is 9.26 Å². The Morgan fingerprint density at radius 1 is 1.64 bits per heavy atom. The molecule has 8 nitrogen and oxygen atoms in total. The Bertz CT molecular complexity index is 508. The molecule has 4 atom stereocenters. The summed E-state index contributed by atoms with van der Waals surface area (Å²) in [5, 5.41) is 8.06. The quantitative estimate of drug-likeness (QED) is 0.692. The van der Waals surface area contributed by atoms with Gasteiger partial charge >= 0.3 is 5.69 Å². The number of aliphatic hydroxyl groups is 1. The Morgan fingerprint density at radius 2 is 2.27 bits per heavy atom. The molecule has 1 aliphatic rings. The highest BCUT2D eigenvalue weighted by Gasteiger charge is 2.34. The fraction of sp³-hybridized carbons (Fsp3) is 0.692. The first kappa shape index (κ1) is 19.0. The van der Waals surface area contributed by atoms with Crippen molar-refractivity contribution in [3.8, 4) is 0 Å². The van der Waals surface area contributed by atoms with Gasteiger partial charge in [0.25, 0.3) is 0 Å². The summed E-state index contributed by atoms with van der Waals surface area (Å²) in [4.78, 5) is 24.0. The monoisotopic (exact) mass is 333 g/mol. The molecule has 9 heteroatoms. The number of hydrogen-bond acceptors (Lipinski definition) is 7. The van der Waals surface area contributed by atoms with Gasteiger partial charge in [-0.2, -0.15) is 4.98 Å². The summed E-state index contributed by atoms with van der Waals surface area (Å²) >= 11 is 0. The highest BCUT2D eigenvalue weighted by molar-refractivity contribution is 7.24. The third-order valence-electron chi connectivity index (χ3n) is 2.91. The van der Waals surface area contributed by atoms with Crippen molar-refractivity contribution in [2.45, 2.75) is 45.6 Å². The lowest BCUT2D eigenvalue weighted by atomic mass is 10.1. The highest BCUT2D eigenvalue weighted by Crippen LogP contribution is 2.33. The smallest absolute Gasteiger partial charge is 0.351 e. The van der Waals surface area contributed by atoms with Crippen molar-refractivity contribution in [1.82, 2.24) is 9.55 Å². The Balaban J connectivity index is 0.000000541. The van der Waals surface area contributed by atoms with Crippen LogP contribution in [0.15, 0.2) is 17.1 Å². The van der Waals surface area contributed by atoms with Crippen LogP contribution in [0.25, 0.3) is 0 Å². The van der Waals surface area contributed by atoms with E-state index in [1.807, 2.05) is 6.92 Å². The Kier molecular flexibility index (Phi) is 7.92. The number of rotatable bonds is 4. The Labute approximate surface area is 131 Å². The molecule has 2 rings (SSSR count). The van der Waals surface area contributed by atoms with Crippen molar-refractivity contribution in [3.63, 3.8) is 0 Å². The van der Waals surface area contributed by atoms with Crippen molar-refractivity contribution in [1.29, 1.82) is 0 Å². The predicted octanol–water partition coefficient (Wildman–Crippen LogP) is 0.654. The number of aliphatic hydroxyl groups excluding tert-OH is 1. The molecule has 1 aromatic heterocycles. The average molecular weight is 333 g/mol. The Hall–Kier alpha value is -1.05.